The molecule has 1 spiro atoms. The number of hydrogen-bond donors (Lipinski definition) is 0. The quantitative estimate of drug-likeness (QED) is 0.803. The van der Waals surface area contributed by atoms with Crippen LogP contribution in [0.4, 0.5) is 4.39 Å². The first kappa shape index (κ1) is 15.4. The molecule has 2 saturated carbocycles. The second-order valence-electron chi connectivity index (χ2n) is 6.42. The SMILES string of the molecule is CCO[C@H]1C[C@@H](N(C)C(=O)c2ccnc(F)c2)C12CCCC2. The van der Waals surface area contributed by atoms with Gasteiger partial charge in [-0.2, -0.15) is 4.39 Å². The van der Waals surface area contributed by atoms with Crippen LogP contribution in [0, 0.1) is 11.4 Å². The minimum Gasteiger partial charge on any atom is -0.378 e. The topological polar surface area (TPSA) is 42.4 Å². The molecule has 1 heterocycles. The van der Waals surface area contributed by atoms with Crippen molar-refractivity contribution in [1.82, 2.24) is 9.88 Å². The molecule has 5 heteroatoms. The van der Waals surface area contributed by atoms with Crippen LogP contribution < -0.4 is 0 Å². The number of aromatic nitrogens is 1. The molecule has 120 valence electrons. The van der Waals surface area contributed by atoms with Crippen molar-refractivity contribution in [2.45, 2.75) is 51.2 Å². The van der Waals surface area contributed by atoms with Gasteiger partial charge in [0.25, 0.3) is 5.91 Å². The molecule has 0 aromatic carbocycles. The molecule has 0 aliphatic heterocycles. The van der Waals surface area contributed by atoms with Crippen molar-refractivity contribution < 1.29 is 13.9 Å². The highest BCUT2D eigenvalue weighted by atomic mass is 19.1. The maximum atomic E-state index is 13.2. The number of carbonyl (C=O) groups is 1. The third kappa shape index (κ3) is 2.41. The number of pyridine rings is 1. The minimum atomic E-state index is -0.615. The van der Waals surface area contributed by atoms with Gasteiger partial charge in [0.15, 0.2) is 0 Å². The Kier molecular flexibility index (Phi) is 4.17. The molecule has 2 fully saturated rings. The molecule has 2 atom stereocenters. The number of halogens is 1. The molecule has 2 aliphatic rings. The van der Waals surface area contributed by atoms with Gasteiger partial charge in [-0.3, -0.25) is 4.79 Å². The van der Waals surface area contributed by atoms with Gasteiger partial charge in [0.2, 0.25) is 5.95 Å². The van der Waals surface area contributed by atoms with E-state index >= 15 is 0 Å². The molecular formula is C17H23FN2O2. The van der Waals surface area contributed by atoms with Crippen LogP contribution in [-0.4, -0.2) is 41.6 Å². The summed E-state index contributed by atoms with van der Waals surface area (Å²) in [4.78, 5) is 17.9. The molecule has 2 aliphatic carbocycles. The van der Waals surface area contributed by atoms with Crippen LogP contribution in [0.25, 0.3) is 0 Å². The monoisotopic (exact) mass is 306 g/mol. The molecule has 0 unspecified atom stereocenters. The molecule has 1 aromatic rings. The Morgan fingerprint density at radius 1 is 1.50 bits per heavy atom. The van der Waals surface area contributed by atoms with Gasteiger partial charge in [-0.1, -0.05) is 12.8 Å². The third-order valence-electron chi connectivity index (χ3n) is 5.41. The van der Waals surface area contributed by atoms with Gasteiger partial charge in [-0.25, -0.2) is 4.98 Å². The fourth-order valence-corrected chi connectivity index (χ4v) is 4.27. The summed E-state index contributed by atoms with van der Waals surface area (Å²) in [6.07, 6.45) is 7.11. The van der Waals surface area contributed by atoms with Crippen molar-refractivity contribution in [1.29, 1.82) is 0 Å². The summed E-state index contributed by atoms with van der Waals surface area (Å²) in [5.41, 5.74) is 0.467. The molecule has 0 saturated heterocycles. The zero-order chi connectivity index (χ0) is 15.7. The lowest BCUT2D eigenvalue weighted by Gasteiger charge is -2.57. The van der Waals surface area contributed by atoms with Crippen LogP contribution in [0.15, 0.2) is 18.3 Å². The van der Waals surface area contributed by atoms with E-state index in [2.05, 4.69) is 4.98 Å². The van der Waals surface area contributed by atoms with Crippen molar-refractivity contribution in [3.05, 3.63) is 29.8 Å². The van der Waals surface area contributed by atoms with E-state index in [4.69, 9.17) is 4.74 Å². The zero-order valence-electron chi connectivity index (χ0n) is 13.2. The van der Waals surface area contributed by atoms with E-state index in [0.29, 0.717) is 12.2 Å². The normalized spacial score (nSPS) is 26.0. The first-order valence-corrected chi connectivity index (χ1v) is 8.09. The summed E-state index contributed by atoms with van der Waals surface area (Å²) in [6.45, 7) is 2.73. The molecule has 3 rings (SSSR count). The first-order chi connectivity index (χ1) is 10.6. The van der Waals surface area contributed by atoms with E-state index in [1.54, 1.807) is 11.0 Å². The van der Waals surface area contributed by atoms with Crippen LogP contribution in [0.5, 0.6) is 0 Å². The molecule has 22 heavy (non-hydrogen) atoms. The zero-order valence-corrected chi connectivity index (χ0v) is 13.2. The third-order valence-corrected chi connectivity index (χ3v) is 5.41. The maximum absolute atomic E-state index is 13.2. The first-order valence-electron chi connectivity index (χ1n) is 8.09. The molecule has 0 N–H and O–H groups in total. The van der Waals surface area contributed by atoms with Crippen LogP contribution in [0.2, 0.25) is 0 Å². The number of rotatable bonds is 4. The van der Waals surface area contributed by atoms with Gasteiger partial charge in [0.05, 0.1) is 6.10 Å². The standard InChI is InChI=1S/C17H23FN2O2/c1-3-22-14-11-13(17(14)7-4-5-8-17)20(2)16(21)12-6-9-19-15(18)10-12/h6,9-10,13-14H,3-5,7-8,11H2,1-2H3/t13-,14+/m1/s1. The summed E-state index contributed by atoms with van der Waals surface area (Å²) in [5.74, 6) is -0.747. The number of carbonyl (C=O) groups excluding carboxylic acids is 1. The van der Waals surface area contributed by atoms with Crippen molar-refractivity contribution in [3.63, 3.8) is 0 Å². The van der Waals surface area contributed by atoms with E-state index in [9.17, 15) is 9.18 Å². The lowest BCUT2D eigenvalue weighted by molar-refractivity contribution is -0.152. The Labute approximate surface area is 130 Å². The molecular weight excluding hydrogens is 283 g/mol. The Morgan fingerprint density at radius 3 is 2.86 bits per heavy atom. The summed E-state index contributed by atoms with van der Waals surface area (Å²) in [6, 6.07) is 2.97. The van der Waals surface area contributed by atoms with E-state index in [1.807, 2.05) is 14.0 Å². The number of nitrogens with zero attached hydrogens (tertiary/aromatic N) is 2. The maximum Gasteiger partial charge on any atom is 0.254 e. The predicted molar refractivity (Wildman–Crippen MR) is 81.0 cm³/mol. The van der Waals surface area contributed by atoms with Crippen molar-refractivity contribution >= 4 is 5.91 Å². The lowest BCUT2D eigenvalue weighted by Crippen LogP contribution is -2.64. The van der Waals surface area contributed by atoms with Gasteiger partial charge < -0.3 is 9.64 Å². The highest BCUT2D eigenvalue weighted by molar-refractivity contribution is 5.94. The number of ether oxygens (including phenoxy) is 1. The highest BCUT2D eigenvalue weighted by Crippen LogP contribution is 2.56. The van der Waals surface area contributed by atoms with Crippen LogP contribution in [0.3, 0.4) is 0 Å². The van der Waals surface area contributed by atoms with E-state index in [1.165, 1.54) is 25.1 Å². The minimum absolute atomic E-state index is 0.103. The summed E-state index contributed by atoms with van der Waals surface area (Å²) >= 11 is 0. The van der Waals surface area contributed by atoms with Crippen LogP contribution in [-0.2, 0) is 4.74 Å². The van der Waals surface area contributed by atoms with E-state index < -0.39 is 5.95 Å². The lowest BCUT2D eigenvalue weighted by atomic mass is 9.60. The second-order valence-corrected chi connectivity index (χ2v) is 6.42. The van der Waals surface area contributed by atoms with Gasteiger partial charge in [0.1, 0.15) is 0 Å². The van der Waals surface area contributed by atoms with Crippen LogP contribution in [0.1, 0.15) is 49.4 Å². The van der Waals surface area contributed by atoms with Gasteiger partial charge in [0, 0.05) is 42.9 Å². The Bertz CT molecular complexity index is 557. The second kappa shape index (κ2) is 5.95. The molecule has 0 radical (unpaired) electrons. The molecule has 4 nitrogen and oxygen atoms in total. The number of amides is 1. The Hall–Kier alpha value is -1.49. The average molecular weight is 306 g/mol. The van der Waals surface area contributed by atoms with Gasteiger partial charge >= 0.3 is 0 Å². The number of hydrogen-bond acceptors (Lipinski definition) is 3. The van der Waals surface area contributed by atoms with E-state index in [-0.39, 0.29) is 23.5 Å². The van der Waals surface area contributed by atoms with Gasteiger partial charge in [-0.05, 0) is 32.3 Å². The summed E-state index contributed by atoms with van der Waals surface area (Å²) in [7, 11) is 1.83. The smallest absolute Gasteiger partial charge is 0.254 e. The molecule has 1 aromatic heterocycles. The van der Waals surface area contributed by atoms with Crippen molar-refractivity contribution in [2.24, 2.45) is 5.41 Å². The van der Waals surface area contributed by atoms with Crippen molar-refractivity contribution in [3.8, 4) is 0 Å². The van der Waals surface area contributed by atoms with Crippen LogP contribution >= 0.6 is 0 Å². The summed E-state index contributed by atoms with van der Waals surface area (Å²) in [5, 5.41) is 0. The Balaban J connectivity index is 1.77. The molecule has 0 bridgehead atoms. The average Bonchev–Trinajstić information content (AvgIpc) is 3.02. The molecule has 1 amide bonds. The highest BCUT2D eigenvalue weighted by Gasteiger charge is 2.58. The van der Waals surface area contributed by atoms with Crippen molar-refractivity contribution in [2.75, 3.05) is 13.7 Å². The fraction of sp³-hybridized carbons (Fsp3) is 0.647. The predicted octanol–water partition coefficient (Wildman–Crippen LogP) is 3.03. The van der Waals surface area contributed by atoms with Gasteiger partial charge in [-0.15, -0.1) is 0 Å². The largest absolute Gasteiger partial charge is 0.378 e. The Morgan fingerprint density at radius 2 is 2.23 bits per heavy atom. The summed E-state index contributed by atoms with van der Waals surface area (Å²) < 4.78 is 19.1. The van der Waals surface area contributed by atoms with E-state index in [0.717, 1.165) is 19.3 Å². The fourth-order valence-electron chi connectivity index (χ4n) is 4.27.